The maximum Gasteiger partial charge on any atom is 0.416 e. The number of nitrogens with one attached hydrogen (secondary N) is 2. The number of aryl methyl sites for hydroxylation is 2. The zero-order valence-corrected chi connectivity index (χ0v) is 43.3. The summed E-state index contributed by atoms with van der Waals surface area (Å²) in [6, 6.07) is 30.1. The SMILES string of the molecule is CC#Cc1cc(C(=O)Nc2cc(CN3CCN(CCOCC(=O)NCCCN(C(=O)c4ccc(C)cc4)[C@@H](c4nc5cc(Cl)ccc5c(=O)n4Cc4ccccc4)C(C)C)CC3)cc(C(F)(F)F)c2)ccc1CC. The lowest BCUT2D eigenvalue weighted by Crippen LogP contribution is -2.47. The van der Waals surface area contributed by atoms with Gasteiger partial charge in [-0.15, -0.1) is 5.92 Å². The first-order chi connectivity index (χ1) is 35.5. The van der Waals surface area contributed by atoms with E-state index >= 15 is 0 Å². The second-order valence-corrected chi connectivity index (χ2v) is 19.3. The number of benzene rings is 5. The number of fused-ring (bicyclic) bond motifs is 1. The molecule has 7 rings (SSSR count). The average molecular weight is 1030 g/mol. The number of amides is 3. The first kappa shape index (κ1) is 54.9. The van der Waals surface area contributed by atoms with Crippen LogP contribution in [-0.2, 0) is 35.2 Å². The number of halogens is 4. The van der Waals surface area contributed by atoms with Gasteiger partial charge >= 0.3 is 6.18 Å². The van der Waals surface area contributed by atoms with Crippen LogP contribution in [0.1, 0.15) is 100 Å². The van der Waals surface area contributed by atoms with E-state index in [1.54, 1.807) is 64.9 Å². The van der Waals surface area contributed by atoms with Gasteiger partial charge in [0.05, 0.1) is 35.7 Å². The fourth-order valence-electron chi connectivity index (χ4n) is 9.20. The first-order valence-electron chi connectivity index (χ1n) is 25.0. The van der Waals surface area contributed by atoms with Gasteiger partial charge in [0.25, 0.3) is 17.4 Å². The minimum atomic E-state index is -4.61. The molecule has 0 unspecified atom stereocenters. The Bertz CT molecular complexity index is 3050. The van der Waals surface area contributed by atoms with Crippen LogP contribution in [0, 0.1) is 24.7 Å². The highest BCUT2D eigenvalue weighted by Gasteiger charge is 2.34. The van der Waals surface area contributed by atoms with Crippen LogP contribution >= 0.6 is 11.6 Å². The smallest absolute Gasteiger partial charge is 0.370 e. The normalized spacial score (nSPS) is 13.6. The number of anilines is 1. The van der Waals surface area contributed by atoms with Crippen molar-refractivity contribution in [1.29, 1.82) is 0 Å². The summed E-state index contributed by atoms with van der Waals surface area (Å²) >= 11 is 6.41. The number of nitrogens with zero attached hydrogens (tertiary/aromatic N) is 5. The molecule has 388 valence electrons. The number of carbonyl (C=O) groups excluding carboxylic acids is 3. The van der Waals surface area contributed by atoms with E-state index in [2.05, 4.69) is 32.3 Å². The third-order valence-corrected chi connectivity index (χ3v) is 13.3. The summed E-state index contributed by atoms with van der Waals surface area (Å²) in [7, 11) is 0. The van der Waals surface area contributed by atoms with Gasteiger partial charge in [0.15, 0.2) is 0 Å². The Labute approximate surface area is 435 Å². The van der Waals surface area contributed by atoms with Crippen LogP contribution in [0.25, 0.3) is 10.9 Å². The summed E-state index contributed by atoms with van der Waals surface area (Å²) in [5, 5.41) is 6.45. The fraction of sp³-hybridized carbons (Fsp3) is 0.362. The van der Waals surface area contributed by atoms with Crippen molar-refractivity contribution in [2.45, 2.75) is 72.8 Å². The van der Waals surface area contributed by atoms with E-state index in [1.165, 1.54) is 0 Å². The van der Waals surface area contributed by atoms with Crippen molar-refractivity contribution < 1.29 is 32.3 Å². The molecule has 0 bridgehead atoms. The van der Waals surface area contributed by atoms with Crippen LogP contribution < -0.4 is 16.2 Å². The second-order valence-electron chi connectivity index (χ2n) is 18.9. The predicted molar refractivity (Wildman–Crippen MR) is 284 cm³/mol. The molecule has 1 fully saturated rings. The molecule has 0 aliphatic carbocycles. The van der Waals surface area contributed by atoms with Crippen LogP contribution in [0.15, 0.2) is 114 Å². The number of aromatic nitrogens is 2. The highest BCUT2D eigenvalue weighted by Crippen LogP contribution is 2.34. The van der Waals surface area contributed by atoms with E-state index in [1.807, 2.05) is 76.2 Å². The highest BCUT2D eigenvalue weighted by atomic mass is 35.5. The topological polar surface area (TPSA) is 129 Å². The molecule has 16 heteroatoms. The molecule has 1 aromatic heterocycles. The van der Waals surface area contributed by atoms with Crippen LogP contribution in [0.5, 0.6) is 0 Å². The number of carbonyl (C=O) groups is 3. The van der Waals surface area contributed by atoms with Gasteiger partial charge in [-0.25, -0.2) is 4.98 Å². The van der Waals surface area contributed by atoms with Crippen molar-refractivity contribution in [3.05, 3.63) is 175 Å². The summed E-state index contributed by atoms with van der Waals surface area (Å²) in [4.78, 5) is 66.2. The Morgan fingerprint density at radius 3 is 2.27 bits per heavy atom. The molecule has 1 atom stereocenters. The molecule has 2 heterocycles. The minimum Gasteiger partial charge on any atom is -0.370 e. The Hall–Kier alpha value is -6.83. The van der Waals surface area contributed by atoms with E-state index < -0.39 is 23.7 Å². The lowest BCUT2D eigenvalue weighted by molar-refractivity contribution is -0.137. The van der Waals surface area contributed by atoms with Crippen molar-refractivity contribution in [2.75, 3.05) is 64.3 Å². The molecular formula is C58H63ClF3N7O5. The Balaban J connectivity index is 0.922. The van der Waals surface area contributed by atoms with Gasteiger partial charge in [-0.2, -0.15) is 13.2 Å². The molecule has 3 amide bonds. The van der Waals surface area contributed by atoms with Crippen LogP contribution in [0.3, 0.4) is 0 Å². The molecular weight excluding hydrogens is 967 g/mol. The average Bonchev–Trinajstić information content (AvgIpc) is 3.37. The third-order valence-electron chi connectivity index (χ3n) is 13.1. The van der Waals surface area contributed by atoms with E-state index in [4.69, 9.17) is 21.3 Å². The maximum atomic E-state index is 14.6. The van der Waals surface area contributed by atoms with E-state index in [-0.39, 0.29) is 61.8 Å². The van der Waals surface area contributed by atoms with Gasteiger partial charge in [0.2, 0.25) is 5.91 Å². The number of piperazine rings is 1. The molecule has 74 heavy (non-hydrogen) atoms. The molecule has 6 aromatic rings. The van der Waals surface area contributed by atoms with Gasteiger partial charge in [-0.3, -0.25) is 33.5 Å². The molecule has 0 spiro atoms. The van der Waals surface area contributed by atoms with Crippen molar-refractivity contribution in [3.63, 3.8) is 0 Å². The molecule has 1 aliphatic heterocycles. The van der Waals surface area contributed by atoms with E-state index in [0.717, 1.165) is 35.2 Å². The lowest BCUT2D eigenvalue weighted by Gasteiger charge is -2.35. The monoisotopic (exact) mass is 1030 g/mol. The third kappa shape index (κ3) is 14.5. The second kappa shape index (κ2) is 25.4. The zero-order chi connectivity index (χ0) is 52.9. The molecule has 2 N–H and O–H groups in total. The Morgan fingerprint density at radius 1 is 0.865 bits per heavy atom. The molecule has 0 saturated carbocycles. The largest absolute Gasteiger partial charge is 0.416 e. The minimum absolute atomic E-state index is 0.0607. The number of rotatable bonds is 20. The van der Waals surface area contributed by atoms with E-state index in [9.17, 15) is 32.3 Å². The summed E-state index contributed by atoms with van der Waals surface area (Å²) in [5.74, 6) is 5.03. The van der Waals surface area contributed by atoms with Crippen molar-refractivity contribution >= 4 is 45.9 Å². The van der Waals surface area contributed by atoms with Crippen LogP contribution in [-0.4, -0.2) is 101 Å². The Kier molecular flexibility index (Phi) is 18.9. The van der Waals surface area contributed by atoms with Gasteiger partial charge in [-0.05, 0) is 110 Å². The molecule has 1 saturated heterocycles. The maximum absolute atomic E-state index is 14.6. The number of hydrogen-bond acceptors (Lipinski definition) is 8. The van der Waals surface area contributed by atoms with Crippen molar-refractivity contribution in [1.82, 2.24) is 29.6 Å². The zero-order valence-electron chi connectivity index (χ0n) is 42.5. The number of alkyl halides is 3. The molecule has 0 radical (unpaired) electrons. The van der Waals surface area contributed by atoms with Crippen LogP contribution in [0.2, 0.25) is 5.02 Å². The molecule has 12 nitrogen and oxygen atoms in total. The molecule has 5 aromatic carbocycles. The summed E-state index contributed by atoms with van der Waals surface area (Å²) in [6.07, 6.45) is -3.48. The quantitative estimate of drug-likeness (QED) is 0.0572. The summed E-state index contributed by atoms with van der Waals surface area (Å²) in [5.41, 5.74) is 4.22. The summed E-state index contributed by atoms with van der Waals surface area (Å²) < 4.78 is 49.6. The van der Waals surface area contributed by atoms with Gasteiger partial charge < -0.3 is 20.3 Å². The van der Waals surface area contributed by atoms with Gasteiger partial charge in [0, 0.05) is 79.8 Å². The Morgan fingerprint density at radius 2 is 1.58 bits per heavy atom. The predicted octanol–water partition coefficient (Wildman–Crippen LogP) is 9.79. The van der Waals surface area contributed by atoms with Crippen LogP contribution in [0.4, 0.5) is 18.9 Å². The number of hydrogen-bond donors (Lipinski definition) is 2. The van der Waals surface area contributed by atoms with Crippen molar-refractivity contribution in [2.24, 2.45) is 5.92 Å². The fourth-order valence-corrected chi connectivity index (χ4v) is 9.36. The van der Waals surface area contributed by atoms with Crippen molar-refractivity contribution in [3.8, 4) is 11.8 Å². The standard InChI is InChI=1S/C58H63ClF3N7O5/c1-6-12-45-33-46(20-19-43(45)7-2)55(71)64-49-32-42(31-47(34-49)58(60,61)62)36-67-27-25-66(26-28-67)29-30-74-38-52(70)63-23-11-24-68(56(72)44-17-15-40(5)16-18-44)53(39(3)4)54-65-51-35-48(59)21-22-50(51)57(73)69(54)37-41-13-9-8-10-14-41/h8-10,13-22,31-35,39,53H,7,11,23-30,36-38H2,1-5H3,(H,63,70)(H,64,71)/t53-/m1/s1. The summed E-state index contributed by atoms with van der Waals surface area (Å²) in [6.45, 7) is 13.8. The molecule has 1 aliphatic rings. The highest BCUT2D eigenvalue weighted by molar-refractivity contribution is 6.31. The number of ether oxygens (including phenoxy) is 1. The van der Waals surface area contributed by atoms with E-state index in [0.29, 0.717) is 89.8 Å². The van der Waals surface area contributed by atoms with Gasteiger partial charge in [0.1, 0.15) is 12.4 Å². The van der Waals surface area contributed by atoms with Gasteiger partial charge in [-0.1, -0.05) is 92.4 Å². The lowest BCUT2D eigenvalue weighted by atomic mass is 9.98. The first-order valence-corrected chi connectivity index (χ1v) is 25.4.